The molecule has 1 fully saturated rings. The van der Waals surface area contributed by atoms with Gasteiger partial charge in [0.2, 0.25) is 0 Å². The molecule has 0 spiro atoms. The molecule has 2 nitrogen and oxygen atoms in total. The van der Waals surface area contributed by atoms with Gasteiger partial charge in [-0.3, -0.25) is 0 Å². The number of hydrogen-bond acceptors (Lipinski definition) is 3. The molecule has 1 N–H and O–H groups in total. The van der Waals surface area contributed by atoms with Gasteiger partial charge in [0.05, 0.1) is 6.61 Å². The minimum absolute atomic E-state index is 0.438. The molecular weight excluding hydrogens is 298 g/mol. The lowest BCUT2D eigenvalue weighted by Crippen LogP contribution is -2.33. The number of halogens is 1. The Morgan fingerprint density at radius 3 is 3.00 bits per heavy atom. The van der Waals surface area contributed by atoms with E-state index in [1.54, 1.807) is 0 Å². The standard InChI is InChI=1S/C13H20BrNOS/c1-3-15-12(10-5-4-6-16-8-10)13-11(14)7-9(2)17-13/h7,10,12,15H,3-6,8H2,1-2H3. The van der Waals surface area contributed by atoms with E-state index in [4.69, 9.17) is 4.74 Å². The van der Waals surface area contributed by atoms with Gasteiger partial charge in [0.1, 0.15) is 0 Å². The van der Waals surface area contributed by atoms with Crippen molar-refractivity contribution < 1.29 is 4.74 Å². The first-order valence-corrected chi connectivity index (χ1v) is 7.90. The van der Waals surface area contributed by atoms with Gasteiger partial charge in [0.15, 0.2) is 0 Å². The third kappa shape index (κ3) is 3.31. The van der Waals surface area contributed by atoms with Crippen molar-refractivity contribution >= 4 is 27.3 Å². The molecule has 2 rings (SSSR count). The summed E-state index contributed by atoms with van der Waals surface area (Å²) in [6.07, 6.45) is 2.45. The van der Waals surface area contributed by atoms with Crippen molar-refractivity contribution in [1.29, 1.82) is 0 Å². The summed E-state index contributed by atoms with van der Waals surface area (Å²) in [5.41, 5.74) is 0. The first kappa shape index (κ1) is 13.5. The molecule has 4 heteroatoms. The van der Waals surface area contributed by atoms with Crippen molar-refractivity contribution in [1.82, 2.24) is 5.32 Å². The summed E-state index contributed by atoms with van der Waals surface area (Å²) in [6.45, 7) is 7.16. The van der Waals surface area contributed by atoms with Gasteiger partial charge in [-0.1, -0.05) is 6.92 Å². The quantitative estimate of drug-likeness (QED) is 0.909. The molecule has 1 aliphatic heterocycles. The first-order valence-electron chi connectivity index (χ1n) is 6.29. The Kier molecular flexibility index (Phi) is 5.03. The predicted molar refractivity (Wildman–Crippen MR) is 76.7 cm³/mol. The van der Waals surface area contributed by atoms with E-state index in [-0.39, 0.29) is 0 Å². The molecular formula is C13H20BrNOS. The molecule has 0 amide bonds. The highest BCUT2D eigenvalue weighted by atomic mass is 79.9. The van der Waals surface area contributed by atoms with E-state index in [9.17, 15) is 0 Å². The summed E-state index contributed by atoms with van der Waals surface area (Å²) in [6, 6.07) is 2.65. The number of hydrogen-bond donors (Lipinski definition) is 1. The summed E-state index contributed by atoms with van der Waals surface area (Å²) in [7, 11) is 0. The van der Waals surface area contributed by atoms with Crippen LogP contribution in [0.5, 0.6) is 0 Å². The Labute approximate surface area is 116 Å². The first-order chi connectivity index (χ1) is 8.22. The monoisotopic (exact) mass is 317 g/mol. The topological polar surface area (TPSA) is 21.3 Å². The van der Waals surface area contributed by atoms with Crippen molar-refractivity contribution in [3.05, 3.63) is 20.3 Å². The third-order valence-electron chi connectivity index (χ3n) is 3.21. The average molecular weight is 318 g/mol. The summed E-state index contributed by atoms with van der Waals surface area (Å²) in [5, 5.41) is 3.62. The molecule has 2 unspecified atom stereocenters. The Morgan fingerprint density at radius 2 is 2.47 bits per heavy atom. The Morgan fingerprint density at radius 1 is 1.65 bits per heavy atom. The molecule has 0 aliphatic carbocycles. The van der Waals surface area contributed by atoms with Crippen molar-refractivity contribution in [3.8, 4) is 0 Å². The second kappa shape index (κ2) is 6.32. The molecule has 2 atom stereocenters. The minimum Gasteiger partial charge on any atom is -0.381 e. The normalized spacial score (nSPS) is 22.6. The SMILES string of the molecule is CCNC(c1sc(C)cc1Br)C1CCCOC1. The van der Waals surface area contributed by atoms with Gasteiger partial charge in [0, 0.05) is 32.8 Å². The molecule has 0 aromatic carbocycles. The van der Waals surface area contributed by atoms with Gasteiger partial charge in [-0.15, -0.1) is 11.3 Å². The van der Waals surface area contributed by atoms with Crippen LogP contribution < -0.4 is 5.32 Å². The fourth-order valence-electron chi connectivity index (χ4n) is 2.44. The van der Waals surface area contributed by atoms with E-state index in [1.807, 2.05) is 11.3 Å². The van der Waals surface area contributed by atoms with Crippen LogP contribution in [-0.4, -0.2) is 19.8 Å². The molecule has 0 bridgehead atoms. The molecule has 0 radical (unpaired) electrons. The van der Waals surface area contributed by atoms with Crippen molar-refractivity contribution in [2.45, 2.75) is 32.7 Å². The zero-order valence-corrected chi connectivity index (χ0v) is 12.9. The molecule has 0 saturated carbocycles. The number of ether oxygens (including phenoxy) is 1. The van der Waals surface area contributed by atoms with E-state index in [0.717, 1.165) is 19.8 Å². The Hall–Kier alpha value is 0.1000. The maximum Gasteiger partial charge on any atom is 0.0512 e. The molecule has 1 saturated heterocycles. The van der Waals surface area contributed by atoms with Crippen LogP contribution in [0.3, 0.4) is 0 Å². The van der Waals surface area contributed by atoms with Gasteiger partial charge in [-0.05, 0) is 48.3 Å². The van der Waals surface area contributed by atoms with Gasteiger partial charge in [-0.25, -0.2) is 0 Å². The van der Waals surface area contributed by atoms with E-state index in [1.165, 1.54) is 27.1 Å². The highest BCUT2D eigenvalue weighted by molar-refractivity contribution is 9.10. The number of aryl methyl sites for hydroxylation is 1. The Bertz CT molecular complexity index is 360. The van der Waals surface area contributed by atoms with E-state index < -0.39 is 0 Å². The highest BCUT2D eigenvalue weighted by Crippen LogP contribution is 2.38. The van der Waals surface area contributed by atoms with E-state index >= 15 is 0 Å². The van der Waals surface area contributed by atoms with Crippen LogP contribution in [0.1, 0.15) is 35.6 Å². The summed E-state index contributed by atoms with van der Waals surface area (Å²) in [5.74, 6) is 0.609. The lowest BCUT2D eigenvalue weighted by Gasteiger charge is -2.30. The largest absolute Gasteiger partial charge is 0.381 e. The van der Waals surface area contributed by atoms with Crippen LogP contribution in [0.15, 0.2) is 10.5 Å². The second-order valence-electron chi connectivity index (χ2n) is 4.58. The molecule has 96 valence electrons. The zero-order valence-electron chi connectivity index (χ0n) is 10.5. The molecule has 1 aliphatic rings. The third-order valence-corrected chi connectivity index (χ3v) is 5.26. The molecule has 2 heterocycles. The molecule has 17 heavy (non-hydrogen) atoms. The molecule has 1 aromatic rings. The van der Waals surface area contributed by atoms with Crippen LogP contribution in [0.4, 0.5) is 0 Å². The molecule has 1 aromatic heterocycles. The zero-order chi connectivity index (χ0) is 12.3. The van der Waals surface area contributed by atoms with Gasteiger partial charge < -0.3 is 10.1 Å². The van der Waals surface area contributed by atoms with Crippen LogP contribution >= 0.6 is 27.3 Å². The Balaban J connectivity index is 2.18. The van der Waals surface area contributed by atoms with Crippen molar-refractivity contribution in [2.75, 3.05) is 19.8 Å². The fourth-order valence-corrected chi connectivity index (χ4v) is 4.50. The average Bonchev–Trinajstić information content (AvgIpc) is 2.66. The minimum atomic E-state index is 0.438. The van der Waals surface area contributed by atoms with E-state index in [2.05, 4.69) is 41.2 Å². The van der Waals surface area contributed by atoms with Gasteiger partial charge in [-0.2, -0.15) is 0 Å². The fraction of sp³-hybridized carbons (Fsp3) is 0.692. The summed E-state index contributed by atoms with van der Waals surface area (Å²) in [4.78, 5) is 2.80. The number of nitrogens with one attached hydrogen (secondary N) is 1. The number of thiophene rings is 1. The lowest BCUT2D eigenvalue weighted by atomic mass is 9.92. The predicted octanol–water partition coefficient (Wildman–Crippen LogP) is 3.90. The lowest BCUT2D eigenvalue weighted by molar-refractivity contribution is 0.0397. The number of rotatable bonds is 4. The van der Waals surface area contributed by atoms with Gasteiger partial charge >= 0.3 is 0 Å². The van der Waals surface area contributed by atoms with Crippen molar-refractivity contribution in [3.63, 3.8) is 0 Å². The maximum atomic E-state index is 5.63. The second-order valence-corrected chi connectivity index (χ2v) is 6.72. The highest BCUT2D eigenvalue weighted by Gasteiger charge is 2.27. The summed E-state index contributed by atoms with van der Waals surface area (Å²) < 4.78 is 6.87. The van der Waals surface area contributed by atoms with Crippen LogP contribution in [0.2, 0.25) is 0 Å². The van der Waals surface area contributed by atoms with Gasteiger partial charge in [0.25, 0.3) is 0 Å². The van der Waals surface area contributed by atoms with Crippen LogP contribution in [0, 0.1) is 12.8 Å². The van der Waals surface area contributed by atoms with Crippen molar-refractivity contribution in [2.24, 2.45) is 5.92 Å². The summed E-state index contributed by atoms with van der Waals surface area (Å²) >= 11 is 5.58. The smallest absolute Gasteiger partial charge is 0.0512 e. The van der Waals surface area contributed by atoms with Crippen LogP contribution in [0.25, 0.3) is 0 Å². The van der Waals surface area contributed by atoms with Crippen LogP contribution in [-0.2, 0) is 4.74 Å². The maximum absolute atomic E-state index is 5.63. The van der Waals surface area contributed by atoms with E-state index in [0.29, 0.717) is 12.0 Å².